The molecular formula is C17H34IN3O2S. The number of nitrogens with zero attached hydrogens (tertiary/aromatic N) is 2. The first-order valence-electron chi connectivity index (χ1n) is 8.77. The maximum absolute atomic E-state index is 12.2. The van der Waals surface area contributed by atoms with Gasteiger partial charge in [-0.3, -0.25) is 4.99 Å². The number of nitrogens with one attached hydrogen (secondary N) is 1. The summed E-state index contributed by atoms with van der Waals surface area (Å²) in [6.07, 6.45) is 5.34. The van der Waals surface area contributed by atoms with Crippen molar-refractivity contribution < 1.29 is 8.42 Å². The fourth-order valence-corrected chi connectivity index (χ4v) is 5.18. The Morgan fingerprint density at radius 1 is 1.29 bits per heavy atom. The number of halogens is 1. The van der Waals surface area contributed by atoms with Crippen LogP contribution < -0.4 is 5.32 Å². The van der Waals surface area contributed by atoms with Crippen molar-refractivity contribution in [3.8, 4) is 0 Å². The summed E-state index contributed by atoms with van der Waals surface area (Å²) in [5.41, 5.74) is 0.240. The minimum absolute atomic E-state index is 0. The van der Waals surface area contributed by atoms with Crippen LogP contribution in [0.3, 0.4) is 0 Å². The summed E-state index contributed by atoms with van der Waals surface area (Å²) < 4.78 is 23.6. The molecule has 0 bridgehead atoms. The largest absolute Gasteiger partial charge is 0.356 e. The third-order valence-electron chi connectivity index (χ3n) is 5.72. The molecule has 2 fully saturated rings. The lowest BCUT2D eigenvalue weighted by Crippen LogP contribution is -2.58. The van der Waals surface area contributed by atoms with Gasteiger partial charge in [0.1, 0.15) is 0 Å². The molecule has 1 aliphatic carbocycles. The Morgan fingerprint density at radius 3 is 2.38 bits per heavy atom. The maximum atomic E-state index is 12.2. The average Bonchev–Trinajstić information content (AvgIpc) is 2.98. The third-order valence-corrected chi connectivity index (χ3v) is 8.25. The Labute approximate surface area is 165 Å². The number of hydrogen-bond donors (Lipinski definition) is 1. The molecule has 1 N–H and O–H groups in total. The van der Waals surface area contributed by atoms with Gasteiger partial charge in [0.05, 0.1) is 10.5 Å². The van der Waals surface area contributed by atoms with E-state index in [4.69, 9.17) is 0 Å². The van der Waals surface area contributed by atoms with Gasteiger partial charge < -0.3 is 10.2 Å². The van der Waals surface area contributed by atoms with E-state index in [0.717, 1.165) is 18.4 Å². The highest BCUT2D eigenvalue weighted by Gasteiger charge is 2.41. The average molecular weight is 471 g/mol. The van der Waals surface area contributed by atoms with E-state index >= 15 is 0 Å². The molecule has 2 aliphatic rings. The predicted molar refractivity (Wildman–Crippen MR) is 112 cm³/mol. The van der Waals surface area contributed by atoms with Crippen molar-refractivity contribution in [2.75, 3.05) is 32.4 Å². The summed E-state index contributed by atoms with van der Waals surface area (Å²) in [5, 5.41) is 3.50. The van der Waals surface area contributed by atoms with Crippen LogP contribution in [-0.4, -0.2) is 56.5 Å². The van der Waals surface area contributed by atoms with Crippen LogP contribution in [0.15, 0.2) is 4.99 Å². The Bertz CT molecular complexity index is 552. The van der Waals surface area contributed by atoms with Crippen LogP contribution in [0.4, 0.5) is 0 Å². The summed E-state index contributed by atoms with van der Waals surface area (Å²) in [6.45, 7) is 10.2. The van der Waals surface area contributed by atoms with Gasteiger partial charge >= 0.3 is 0 Å². The third kappa shape index (κ3) is 4.77. The first-order chi connectivity index (χ1) is 10.6. The molecule has 0 radical (unpaired) electrons. The molecule has 0 unspecified atom stereocenters. The molecular weight excluding hydrogens is 437 g/mol. The van der Waals surface area contributed by atoms with Crippen molar-refractivity contribution >= 4 is 39.8 Å². The van der Waals surface area contributed by atoms with Gasteiger partial charge in [0.25, 0.3) is 0 Å². The molecule has 0 aromatic rings. The molecule has 142 valence electrons. The van der Waals surface area contributed by atoms with Crippen molar-refractivity contribution in [1.82, 2.24) is 10.2 Å². The number of rotatable bonds is 3. The lowest BCUT2D eigenvalue weighted by atomic mass is 9.78. The lowest BCUT2D eigenvalue weighted by Gasteiger charge is -2.40. The number of sulfone groups is 1. The zero-order valence-corrected chi connectivity index (χ0v) is 18.9. The van der Waals surface area contributed by atoms with E-state index in [1.54, 1.807) is 7.05 Å². The van der Waals surface area contributed by atoms with Gasteiger partial charge in [0.2, 0.25) is 0 Å². The summed E-state index contributed by atoms with van der Waals surface area (Å²) in [5.74, 6) is 1.80. The van der Waals surface area contributed by atoms with Crippen LogP contribution in [0.5, 0.6) is 0 Å². The Kier molecular flexibility index (Phi) is 7.42. The highest BCUT2D eigenvalue weighted by atomic mass is 127. The Hall–Kier alpha value is -0.0500. The summed E-state index contributed by atoms with van der Waals surface area (Å²) in [4.78, 5) is 6.48. The van der Waals surface area contributed by atoms with Crippen molar-refractivity contribution in [1.29, 1.82) is 0 Å². The minimum Gasteiger partial charge on any atom is -0.356 e. The standard InChI is InChI=1S/C17H33N3O2S.HI/c1-16(2,14-8-6-7-9-14)12-19-15(18-5)20-10-11-23(21,22)17(3,4)13-20;/h14H,6-13H2,1-5H3,(H,18,19);1H. The summed E-state index contributed by atoms with van der Waals surface area (Å²) in [6, 6.07) is 0. The maximum Gasteiger partial charge on any atom is 0.193 e. The van der Waals surface area contributed by atoms with E-state index in [0.29, 0.717) is 13.1 Å². The van der Waals surface area contributed by atoms with E-state index in [2.05, 4.69) is 29.1 Å². The molecule has 1 heterocycles. The molecule has 0 aromatic heterocycles. The van der Waals surface area contributed by atoms with Crippen molar-refractivity contribution in [3.63, 3.8) is 0 Å². The summed E-state index contributed by atoms with van der Waals surface area (Å²) >= 11 is 0. The second kappa shape index (κ2) is 8.10. The molecule has 24 heavy (non-hydrogen) atoms. The first-order valence-corrected chi connectivity index (χ1v) is 10.4. The van der Waals surface area contributed by atoms with Gasteiger partial charge in [-0.15, -0.1) is 24.0 Å². The van der Waals surface area contributed by atoms with Gasteiger partial charge in [0.15, 0.2) is 15.8 Å². The van der Waals surface area contributed by atoms with Crippen LogP contribution in [0.25, 0.3) is 0 Å². The molecule has 0 spiro atoms. The molecule has 1 aliphatic heterocycles. The van der Waals surface area contributed by atoms with E-state index in [9.17, 15) is 8.42 Å². The van der Waals surface area contributed by atoms with Crippen LogP contribution >= 0.6 is 24.0 Å². The normalized spacial score (nSPS) is 24.5. The minimum atomic E-state index is -3.02. The van der Waals surface area contributed by atoms with Crippen LogP contribution in [0, 0.1) is 11.3 Å². The SMILES string of the molecule is CN=C(NCC(C)(C)C1CCCC1)N1CCS(=O)(=O)C(C)(C)C1.I. The molecule has 5 nitrogen and oxygen atoms in total. The zero-order valence-electron chi connectivity index (χ0n) is 15.8. The molecule has 1 saturated carbocycles. The highest BCUT2D eigenvalue weighted by molar-refractivity contribution is 14.0. The fraction of sp³-hybridized carbons (Fsp3) is 0.941. The topological polar surface area (TPSA) is 61.8 Å². The van der Waals surface area contributed by atoms with Gasteiger partial charge in [-0.05, 0) is 38.0 Å². The summed E-state index contributed by atoms with van der Waals surface area (Å²) in [7, 11) is -1.24. The van der Waals surface area contributed by atoms with E-state index in [1.165, 1.54) is 25.7 Å². The number of aliphatic imine (C=N–C) groups is 1. The van der Waals surface area contributed by atoms with Gasteiger partial charge in [0, 0.05) is 26.7 Å². The molecule has 1 saturated heterocycles. The fourth-order valence-electron chi connectivity index (χ4n) is 3.82. The van der Waals surface area contributed by atoms with Crippen molar-refractivity contribution in [2.45, 2.75) is 58.1 Å². The van der Waals surface area contributed by atoms with Gasteiger partial charge in [-0.2, -0.15) is 0 Å². The van der Waals surface area contributed by atoms with E-state index in [1.807, 2.05) is 13.8 Å². The Balaban J connectivity index is 0.00000288. The van der Waals surface area contributed by atoms with Gasteiger partial charge in [-0.1, -0.05) is 26.7 Å². The van der Waals surface area contributed by atoms with Crippen LogP contribution in [0.1, 0.15) is 53.4 Å². The molecule has 0 aromatic carbocycles. The highest BCUT2D eigenvalue weighted by Crippen LogP contribution is 2.39. The molecule has 7 heteroatoms. The van der Waals surface area contributed by atoms with Crippen molar-refractivity contribution in [3.05, 3.63) is 0 Å². The molecule has 2 rings (SSSR count). The van der Waals surface area contributed by atoms with Crippen LogP contribution in [0.2, 0.25) is 0 Å². The molecule has 0 atom stereocenters. The zero-order chi connectivity index (χ0) is 17.3. The van der Waals surface area contributed by atoms with Crippen LogP contribution in [-0.2, 0) is 9.84 Å². The second-order valence-corrected chi connectivity index (χ2v) is 11.1. The van der Waals surface area contributed by atoms with Crippen molar-refractivity contribution in [2.24, 2.45) is 16.3 Å². The second-order valence-electron chi connectivity index (χ2n) is 8.37. The van der Waals surface area contributed by atoms with Gasteiger partial charge in [-0.25, -0.2) is 8.42 Å². The van der Waals surface area contributed by atoms with E-state index < -0.39 is 14.6 Å². The van der Waals surface area contributed by atoms with E-state index in [-0.39, 0.29) is 35.1 Å². The quantitative estimate of drug-likeness (QED) is 0.391. The Morgan fingerprint density at radius 2 is 1.88 bits per heavy atom. The lowest BCUT2D eigenvalue weighted by molar-refractivity contribution is 0.214. The number of hydrogen-bond acceptors (Lipinski definition) is 3. The number of guanidine groups is 1. The molecule has 0 amide bonds. The smallest absolute Gasteiger partial charge is 0.193 e. The predicted octanol–water partition coefficient (Wildman–Crippen LogP) is 2.91. The monoisotopic (exact) mass is 471 g/mol. The first kappa shape index (κ1) is 22.0.